The van der Waals surface area contributed by atoms with Gasteiger partial charge < -0.3 is 28.8 Å². The average Bonchev–Trinajstić information content (AvgIpc) is 4.02. The van der Waals surface area contributed by atoms with E-state index in [1.807, 2.05) is 19.1 Å². The lowest BCUT2D eigenvalue weighted by Crippen LogP contribution is -2.67. The predicted molar refractivity (Wildman–Crippen MR) is 250 cm³/mol. The number of carbonyl (C=O) groups is 1. The van der Waals surface area contributed by atoms with Crippen LogP contribution in [0.1, 0.15) is 163 Å². The van der Waals surface area contributed by atoms with E-state index in [1.54, 1.807) is 0 Å². The van der Waals surface area contributed by atoms with Gasteiger partial charge in [-0.2, -0.15) is 0 Å². The fraction of sp³-hybridized carbons (Fsp3) is 0.642. The minimum Gasteiger partial charge on any atom is -0.455 e. The molecule has 2 fully saturated rings. The third kappa shape index (κ3) is 14.8. The lowest BCUT2D eigenvalue weighted by molar-refractivity contribution is -0.139. The Morgan fingerprint density at radius 2 is 1.33 bits per heavy atom. The summed E-state index contributed by atoms with van der Waals surface area (Å²) in [4.78, 5) is 12.8. The molecule has 0 bridgehead atoms. The molecule has 8 heteroatoms. The van der Waals surface area contributed by atoms with E-state index in [4.69, 9.17) is 18.6 Å². The number of aliphatic hydroxyl groups is 2. The van der Waals surface area contributed by atoms with Crippen molar-refractivity contribution in [3.05, 3.63) is 84.5 Å². The topological polar surface area (TPSA) is 94.5 Å². The molecular weight excluding hydrogens is 777 g/mol. The highest BCUT2D eigenvalue weighted by atomic mass is 28.4. The van der Waals surface area contributed by atoms with Crippen molar-refractivity contribution < 1.29 is 33.6 Å². The molecule has 2 aromatic carbocycles. The van der Waals surface area contributed by atoms with Crippen LogP contribution in [0.15, 0.2) is 84.5 Å². The third-order valence-electron chi connectivity index (χ3n) is 13.0. The quantitative estimate of drug-likeness (QED) is 0.0445. The monoisotopic (exact) mass is 855 g/mol. The number of rotatable bonds is 25. The van der Waals surface area contributed by atoms with Crippen LogP contribution in [0.2, 0.25) is 5.04 Å². The van der Waals surface area contributed by atoms with Crippen LogP contribution < -0.4 is 10.4 Å². The molecule has 61 heavy (non-hydrogen) atoms. The molecule has 336 valence electrons. The van der Waals surface area contributed by atoms with Gasteiger partial charge >= 0.3 is 5.97 Å². The number of hydrogen-bond donors (Lipinski definition) is 2. The highest BCUT2D eigenvalue weighted by Crippen LogP contribution is 2.39. The zero-order valence-electron chi connectivity index (χ0n) is 38.2. The fourth-order valence-corrected chi connectivity index (χ4v) is 14.4. The normalized spacial score (nSPS) is 23.4. The van der Waals surface area contributed by atoms with Crippen molar-refractivity contribution >= 4 is 24.7 Å². The first kappa shape index (κ1) is 49.0. The summed E-state index contributed by atoms with van der Waals surface area (Å²) in [6.07, 6.45) is 24.4. The maximum atomic E-state index is 12.8. The number of esters is 1. The molecular formula is C53H78O7Si. The summed E-state index contributed by atoms with van der Waals surface area (Å²) in [7, 11) is -2.81. The number of carbonyl (C=O) groups excluding carboxylic acids is 1. The molecule has 3 aliphatic heterocycles. The summed E-state index contributed by atoms with van der Waals surface area (Å²) < 4.78 is 25.7. The first-order valence-electron chi connectivity index (χ1n) is 24.0. The Balaban J connectivity index is 1.03. The van der Waals surface area contributed by atoms with Crippen LogP contribution in [0.5, 0.6) is 0 Å². The molecule has 0 radical (unpaired) electrons. The van der Waals surface area contributed by atoms with Crippen LogP contribution in [-0.2, 0) is 23.4 Å². The Kier molecular flexibility index (Phi) is 20.3. The van der Waals surface area contributed by atoms with Gasteiger partial charge in [-0.25, -0.2) is 4.79 Å². The van der Waals surface area contributed by atoms with Gasteiger partial charge in [-0.1, -0.05) is 170 Å². The van der Waals surface area contributed by atoms with Crippen LogP contribution in [0.25, 0.3) is 0 Å². The van der Waals surface area contributed by atoms with Crippen molar-refractivity contribution in [1.82, 2.24) is 0 Å². The zero-order chi connectivity index (χ0) is 43.5. The summed E-state index contributed by atoms with van der Waals surface area (Å²) in [6, 6.07) is 21.4. The van der Waals surface area contributed by atoms with E-state index in [1.165, 1.54) is 55.3 Å². The highest BCUT2D eigenvalue weighted by molar-refractivity contribution is 6.99. The molecule has 3 aliphatic rings. The molecule has 2 N–H and O–H groups in total. The van der Waals surface area contributed by atoms with Crippen molar-refractivity contribution in [3.63, 3.8) is 0 Å². The minimum absolute atomic E-state index is 0.00220. The Bertz CT molecular complexity index is 1650. The van der Waals surface area contributed by atoms with Crippen LogP contribution >= 0.6 is 0 Å². The summed E-state index contributed by atoms with van der Waals surface area (Å²) in [6.45, 7) is 11.0. The van der Waals surface area contributed by atoms with Crippen LogP contribution in [0.4, 0.5) is 0 Å². The van der Waals surface area contributed by atoms with E-state index in [9.17, 15) is 15.0 Å². The Morgan fingerprint density at radius 3 is 1.90 bits per heavy atom. The number of aliphatic hydroxyl groups excluding tert-OH is 2. The highest BCUT2D eigenvalue weighted by Gasteiger charge is 2.51. The molecule has 0 spiro atoms. The largest absolute Gasteiger partial charge is 0.455 e. The molecule has 7 nitrogen and oxygen atoms in total. The third-order valence-corrected chi connectivity index (χ3v) is 18.1. The van der Waals surface area contributed by atoms with Gasteiger partial charge in [0.25, 0.3) is 8.32 Å². The first-order valence-corrected chi connectivity index (χ1v) is 25.9. The molecule has 2 saturated heterocycles. The van der Waals surface area contributed by atoms with Gasteiger partial charge in [0.15, 0.2) is 0 Å². The summed E-state index contributed by atoms with van der Waals surface area (Å²) in [5.41, 5.74) is 0.720. The average molecular weight is 855 g/mol. The predicted octanol–water partition coefficient (Wildman–Crippen LogP) is 10.4. The number of hydrogen-bond acceptors (Lipinski definition) is 7. The van der Waals surface area contributed by atoms with Crippen molar-refractivity contribution in [2.45, 2.75) is 217 Å². The summed E-state index contributed by atoms with van der Waals surface area (Å²) in [5, 5.41) is 24.0. The number of cyclic esters (lactones) is 1. The molecule has 8 atom stereocenters. The summed E-state index contributed by atoms with van der Waals surface area (Å²) in [5.74, 6) is 6.04. The van der Waals surface area contributed by atoms with Gasteiger partial charge in [-0.3, -0.25) is 0 Å². The minimum atomic E-state index is -2.81. The molecule has 0 unspecified atom stereocenters. The summed E-state index contributed by atoms with van der Waals surface area (Å²) >= 11 is 0. The van der Waals surface area contributed by atoms with Crippen molar-refractivity contribution in [3.8, 4) is 11.8 Å². The lowest BCUT2D eigenvalue weighted by atomic mass is 10.0. The molecule has 2 aromatic rings. The molecule has 0 aliphatic carbocycles. The van der Waals surface area contributed by atoms with Crippen molar-refractivity contribution in [1.29, 1.82) is 0 Å². The molecule has 0 aromatic heterocycles. The number of allylic oxidation sites excluding steroid dienone is 2. The van der Waals surface area contributed by atoms with Gasteiger partial charge in [-0.05, 0) is 85.9 Å². The first-order chi connectivity index (χ1) is 29.5. The second-order valence-electron chi connectivity index (χ2n) is 19.0. The maximum absolute atomic E-state index is 12.8. The maximum Gasteiger partial charge on any atom is 0.334 e. The van der Waals surface area contributed by atoms with Crippen LogP contribution in [-0.4, -0.2) is 73.3 Å². The van der Waals surface area contributed by atoms with E-state index in [-0.39, 0.29) is 47.6 Å². The Morgan fingerprint density at radius 1 is 0.770 bits per heavy atom. The van der Waals surface area contributed by atoms with Crippen LogP contribution in [0.3, 0.4) is 0 Å². The van der Waals surface area contributed by atoms with Gasteiger partial charge in [0.1, 0.15) is 6.10 Å². The fourth-order valence-electron chi connectivity index (χ4n) is 9.64. The smallest absolute Gasteiger partial charge is 0.334 e. The van der Waals surface area contributed by atoms with Gasteiger partial charge in [-0.15, -0.1) is 0 Å². The Hall–Kier alpha value is -3.03. The van der Waals surface area contributed by atoms with E-state index >= 15 is 0 Å². The van der Waals surface area contributed by atoms with E-state index in [0.717, 1.165) is 76.2 Å². The van der Waals surface area contributed by atoms with E-state index < -0.39 is 20.5 Å². The number of benzene rings is 2. The van der Waals surface area contributed by atoms with Crippen molar-refractivity contribution in [2.75, 3.05) is 0 Å². The second kappa shape index (κ2) is 25.3. The zero-order valence-corrected chi connectivity index (χ0v) is 39.2. The molecule has 0 saturated carbocycles. The van der Waals surface area contributed by atoms with Crippen molar-refractivity contribution in [2.24, 2.45) is 0 Å². The van der Waals surface area contributed by atoms with Crippen LogP contribution in [0, 0.1) is 11.8 Å². The lowest BCUT2D eigenvalue weighted by Gasteiger charge is -2.45. The van der Waals surface area contributed by atoms with Gasteiger partial charge in [0, 0.05) is 18.4 Å². The van der Waals surface area contributed by atoms with E-state index in [2.05, 4.69) is 106 Å². The molecule has 3 heterocycles. The SMILES string of the molecule is CCCCCCCCCC[C@@H](O)[C@H]1CC[C@H]([C@H]2CC[C@H]([C@H](O)CC#C/C=C/CCCCC[C@H](CC3=C[C@H](C)OC3=O)O[Si](c3ccccc3)(c3ccccc3)C(C)(C)C)O2)O1. The second-order valence-corrected chi connectivity index (χ2v) is 23.2. The Labute approximate surface area is 370 Å². The number of unbranched alkanes of at least 4 members (excludes halogenated alkanes) is 10. The van der Waals surface area contributed by atoms with E-state index in [0.29, 0.717) is 12.8 Å². The molecule has 5 rings (SSSR count). The van der Waals surface area contributed by atoms with Gasteiger partial charge in [0.2, 0.25) is 0 Å². The standard InChI is InChI=1S/C53H78O7Si/c1-6-7-8-9-10-14-17-26-33-46(54)48-35-37-50(58-48)51-38-36-49(59-51)47(55)34-27-18-15-12-11-13-16-21-28-43(40-42-39-41(2)57-52(42)56)60-61(53(3,4)5,44-29-22-19-23-30-44)45-31-24-20-25-32-45/h12,15,19-20,22-25,29-32,39,41,43,46-51,54-55H,6-11,13-14,16-17,21,26,28,33-38,40H2,1-5H3/b15-12+/t41-,43+,46+,47+,48+,49+,50+,51+/m0/s1. The molecule has 0 amide bonds. The number of ether oxygens (including phenoxy) is 3. The van der Waals surface area contributed by atoms with Gasteiger partial charge in [0.05, 0.1) is 42.7 Å².